The fourth-order valence-electron chi connectivity index (χ4n) is 4.53. The summed E-state index contributed by atoms with van der Waals surface area (Å²) in [5, 5.41) is 11.7. The number of amides is 2. The van der Waals surface area contributed by atoms with Crippen LogP contribution in [0.15, 0.2) is 41.3 Å². The Morgan fingerprint density at radius 1 is 0.946 bits per heavy atom. The number of carbonyl (C=O) groups is 2. The Labute approximate surface area is 231 Å². The van der Waals surface area contributed by atoms with Gasteiger partial charge in [-0.05, 0) is 64.2 Å². The maximum absolute atomic E-state index is 13.2. The monoisotopic (exact) mass is 636 g/mol. The molecule has 3 saturated heterocycles. The molecular formula is C25H25IN4O6S. The van der Waals surface area contributed by atoms with Crippen molar-refractivity contribution < 1.29 is 24.0 Å². The summed E-state index contributed by atoms with van der Waals surface area (Å²) >= 11 is 3.06. The number of morpholine rings is 2. The number of anilines is 2. The van der Waals surface area contributed by atoms with Crippen molar-refractivity contribution in [3.63, 3.8) is 0 Å². The predicted molar refractivity (Wildman–Crippen MR) is 150 cm³/mol. The minimum atomic E-state index is -0.401. The number of nitro groups is 1. The molecule has 0 N–H and O–H groups in total. The van der Waals surface area contributed by atoms with Gasteiger partial charge in [-0.15, -0.1) is 0 Å². The molecule has 2 aromatic rings. The highest BCUT2D eigenvalue weighted by molar-refractivity contribution is 14.1. The third-order valence-electron chi connectivity index (χ3n) is 6.44. The predicted octanol–water partition coefficient (Wildman–Crippen LogP) is 4.11. The number of hydrogen-bond donors (Lipinski definition) is 0. The van der Waals surface area contributed by atoms with Crippen molar-refractivity contribution in [3.05, 3.63) is 66.1 Å². The van der Waals surface area contributed by atoms with E-state index in [-0.39, 0.29) is 22.4 Å². The summed E-state index contributed by atoms with van der Waals surface area (Å²) < 4.78 is 12.0. The second kappa shape index (κ2) is 11.4. The van der Waals surface area contributed by atoms with Gasteiger partial charge in [0.15, 0.2) is 0 Å². The van der Waals surface area contributed by atoms with Gasteiger partial charge in [-0.3, -0.25) is 24.6 Å². The van der Waals surface area contributed by atoms with Crippen molar-refractivity contribution in [1.82, 2.24) is 4.90 Å². The first-order valence-electron chi connectivity index (χ1n) is 11.9. The molecule has 5 rings (SSSR count). The molecule has 3 fully saturated rings. The molecule has 194 valence electrons. The van der Waals surface area contributed by atoms with Gasteiger partial charge in [0.25, 0.3) is 16.8 Å². The van der Waals surface area contributed by atoms with Gasteiger partial charge in [-0.2, -0.15) is 0 Å². The first-order valence-corrected chi connectivity index (χ1v) is 13.8. The third kappa shape index (κ3) is 5.76. The Kier molecular flexibility index (Phi) is 7.98. The van der Waals surface area contributed by atoms with Gasteiger partial charge in [-0.1, -0.05) is 12.1 Å². The summed E-state index contributed by atoms with van der Waals surface area (Å²) in [5.74, 6) is -0.401. The Bertz CT molecular complexity index is 1240. The highest BCUT2D eigenvalue weighted by Gasteiger charge is 2.36. The van der Waals surface area contributed by atoms with Crippen LogP contribution in [-0.2, 0) is 20.8 Å². The molecule has 0 atom stereocenters. The van der Waals surface area contributed by atoms with Crippen LogP contribution in [0, 0.1) is 13.7 Å². The summed E-state index contributed by atoms with van der Waals surface area (Å²) in [6, 6.07) is 11.0. The van der Waals surface area contributed by atoms with E-state index in [2.05, 4.69) is 27.5 Å². The van der Waals surface area contributed by atoms with Crippen molar-refractivity contribution in [2.75, 3.05) is 62.4 Å². The molecule has 0 spiro atoms. The van der Waals surface area contributed by atoms with Crippen LogP contribution in [0.2, 0.25) is 0 Å². The number of carbonyl (C=O) groups excluding carboxylic acids is 2. The van der Waals surface area contributed by atoms with Gasteiger partial charge >= 0.3 is 0 Å². The van der Waals surface area contributed by atoms with Crippen LogP contribution in [-0.4, -0.2) is 73.6 Å². The number of rotatable bonds is 6. The number of hydrogen-bond acceptors (Lipinski definition) is 9. The topological polar surface area (TPSA) is 105 Å². The number of nitrogens with zero attached hydrogens (tertiary/aromatic N) is 4. The maximum Gasteiger partial charge on any atom is 0.293 e. The van der Waals surface area contributed by atoms with E-state index in [4.69, 9.17) is 9.47 Å². The number of ether oxygens (including phenoxy) is 2. The first-order chi connectivity index (χ1) is 17.9. The van der Waals surface area contributed by atoms with Crippen LogP contribution in [0.4, 0.5) is 21.9 Å². The summed E-state index contributed by atoms with van der Waals surface area (Å²) in [6.07, 6.45) is 1.61. The highest BCUT2D eigenvalue weighted by atomic mass is 127. The van der Waals surface area contributed by atoms with Crippen molar-refractivity contribution >= 4 is 68.6 Å². The van der Waals surface area contributed by atoms with Gasteiger partial charge < -0.3 is 19.3 Å². The molecule has 0 aliphatic carbocycles. The molecule has 2 aromatic carbocycles. The lowest BCUT2D eigenvalue weighted by atomic mass is 10.1. The first kappa shape index (κ1) is 25.9. The number of nitro benzene ring substituents is 1. The summed E-state index contributed by atoms with van der Waals surface area (Å²) in [5.41, 5.74) is 2.65. The Morgan fingerprint density at radius 2 is 1.54 bits per heavy atom. The molecule has 2 amide bonds. The van der Waals surface area contributed by atoms with E-state index in [0.717, 1.165) is 26.6 Å². The fourth-order valence-corrected chi connectivity index (χ4v) is 5.72. The number of thioether (sulfide) groups is 1. The molecule has 12 heteroatoms. The van der Waals surface area contributed by atoms with E-state index in [1.807, 2.05) is 35.2 Å². The molecule has 3 aliphatic heterocycles. The largest absolute Gasteiger partial charge is 0.378 e. The van der Waals surface area contributed by atoms with Crippen LogP contribution in [0.25, 0.3) is 6.08 Å². The molecule has 0 radical (unpaired) electrons. The molecule has 37 heavy (non-hydrogen) atoms. The summed E-state index contributed by atoms with van der Waals surface area (Å²) in [7, 11) is 0. The SMILES string of the molecule is O=C1S/C(=C\c2cc([N+](=O)[O-])c(N3CCOCC3)cc2N2CCOCC2)C(=O)N1Cc1ccc(I)cc1. The van der Waals surface area contributed by atoms with Crippen LogP contribution in [0.3, 0.4) is 0 Å². The number of imide groups is 1. The molecule has 3 aliphatic rings. The quantitative estimate of drug-likeness (QED) is 0.201. The third-order valence-corrected chi connectivity index (χ3v) is 8.06. The normalized spacial score (nSPS) is 19.7. The molecule has 0 bridgehead atoms. The van der Waals surface area contributed by atoms with Crippen LogP contribution in [0.5, 0.6) is 0 Å². The molecule has 0 saturated carbocycles. The maximum atomic E-state index is 13.2. The summed E-state index contributed by atoms with van der Waals surface area (Å²) in [6.45, 7) is 4.60. The standard InChI is InChI=1S/C25H25IN4O6S/c26-19-3-1-17(2-4-19)16-29-24(31)23(37-25(29)32)14-18-13-22(30(33)34)21(28-7-11-36-12-8-28)15-20(18)27-5-9-35-10-6-27/h1-4,13-15H,5-12,16H2/b23-14-. The molecule has 10 nitrogen and oxygen atoms in total. The van der Waals surface area contributed by atoms with E-state index in [1.165, 1.54) is 11.0 Å². The minimum Gasteiger partial charge on any atom is -0.378 e. The van der Waals surface area contributed by atoms with E-state index in [9.17, 15) is 19.7 Å². The average molecular weight is 636 g/mol. The number of benzene rings is 2. The Morgan fingerprint density at radius 3 is 2.14 bits per heavy atom. The average Bonchev–Trinajstić information content (AvgIpc) is 3.17. The van der Waals surface area contributed by atoms with Crippen LogP contribution < -0.4 is 9.80 Å². The lowest BCUT2D eigenvalue weighted by molar-refractivity contribution is -0.384. The zero-order valence-electron chi connectivity index (χ0n) is 19.9. The van der Waals surface area contributed by atoms with Crippen LogP contribution in [0.1, 0.15) is 11.1 Å². The molecule has 0 unspecified atom stereocenters. The molecule has 0 aromatic heterocycles. The second-order valence-electron chi connectivity index (χ2n) is 8.75. The lowest BCUT2D eigenvalue weighted by Crippen LogP contribution is -2.38. The highest BCUT2D eigenvalue weighted by Crippen LogP contribution is 2.40. The minimum absolute atomic E-state index is 0.0386. The second-order valence-corrected chi connectivity index (χ2v) is 11.0. The van der Waals surface area contributed by atoms with Gasteiger partial charge in [0.1, 0.15) is 5.69 Å². The van der Waals surface area contributed by atoms with Crippen molar-refractivity contribution in [2.45, 2.75) is 6.54 Å². The van der Waals surface area contributed by atoms with Crippen molar-refractivity contribution in [2.24, 2.45) is 0 Å². The van der Waals surface area contributed by atoms with Gasteiger partial charge in [0.05, 0.1) is 42.8 Å². The van der Waals surface area contributed by atoms with Gasteiger partial charge in [0.2, 0.25) is 0 Å². The van der Waals surface area contributed by atoms with Crippen molar-refractivity contribution in [1.29, 1.82) is 0 Å². The molecule has 3 heterocycles. The lowest BCUT2D eigenvalue weighted by Gasteiger charge is -2.33. The van der Waals surface area contributed by atoms with Crippen molar-refractivity contribution in [3.8, 4) is 0 Å². The van der Waals surface area contributed by atoms with E-state index in [0.29, 0.717) is 63.9 Å². The Hall–Kier alpha value is -2.68. The van der Waals surface area contributed by atoms with Gasteiger partial charge in [0, 0.05) is 47.1 Å². The Balaban J connectivity index is 1.52. The fraction of sp³-hybridized carbons (Fsp3) is 0.360. The summed E-state index contributed by atoms with van der Waals surface area (Å²) in [4.78, 5) is 43.2. The van der Waals surface area contributed by atoms with E-state index in [1.54, 1.807) is 6.08 Å². The zero-order chi connectivity index (χ0) is 25.9. The number of halogens is 1. The smallest absolute Gasteiger partial charge is 0.293 e. The van der Waals surface area contributed by atoms with E-state index >= 15 is 0 Å². The molecular weight excluding hydrogens is 611 g/mol. The van der Waals surface area contributed by atoms with Crippen LogP contribution >= 0.6 is 34.4 Å². The zero-order valence-corrected chi connectivity index (χ0v) is 22.9. The van der Waals surface area contributed by atoms with Gasteiger partial charge in [-0.25, -0.2) is 0 Å². The van der Waals surface area contributed by atoms with E-state index < -0.39 is 10.8 Å².